The summed E-state index contributed by atoms with van der Waals surface area (Å²) >= 11 is 0. The summed E-state index contributed by atoms with van der Waals surface area (Å²) in [4.78, 5) is 42.3. The fraction of sp³-hybridized carbons (Fsp3) is 0.500. The number of aldehydes is 2. The van der Waals surface area contributed by atoms with E-state index in [0.717, 1.165) is 21.6 Å². The van der Waals surface area contributed by atoms with Gasteiger partial charge in [0.15, 0.2) is 23.7 Å². The predicted molar refractivity (Wildman–Crippen MR) is 66.2 cm³/mol. The maximum Gasteiger partial charge on any atom is 0.332 e. The first-order chi connectivity index (χ1) is 8.22. The smallest absolute Gasteiger partial charge is 0.332 e. The normalized spacial score (nSPS) is 17.2. The molecule has 0 aliphatic rings. The molecule has 0 aliphatic carbocycles. The fourth-order valence-electron chi connectivity index (χ4n) is 0.571. The zero-order chi connectivity index (χ0) is 14.4. The maximum atomic E-state index is 10.7. The SMILES string of the molecule is N[C@@](C=O)(CSSC[C@@](N)(C=O)C(=O)O)C(=O)O. The molecule has 0 radical (unpaired) electrons. The highest BCUT2D eigenvalue weighted by molar-refractivity contribution is 8.76. The highest BCUT2D eigenvalue weighted by Gasteiger charge is 2.36. The van der Waals surface area contributed by atoms with Gasteiger partial charge in [0.05, 0.1) is 0 Å². The summed E-state index contributed by atoms with van der Waals surface area (Å²) in [7, 11) is 1.70. The molecule has 0 aromatic heterocycles. The molecular weight excluding hydrogens is 284 g/mol. The number of rotatable bonds is 9. The first kappa shape index (κ1) is 16.9. The molecule has 0 saturated heterocycles. The van der Waals surface area contributed by atoms with Crippen LogP contribution in [0.1, 0.15) is 0 Å². The topological polar surface area (TPSA) is 161 Å². The van der Waals surface area contributed by atoms with Gasteiger partial charge in [-0.1, -0.05) is 21.6 Å². The third-order valence-corrected chi connectivity index (χ3v) is 4.46. The van der Waals surface area contributed by atoms with Crippen LogP contribution in [0.25, 0.3) is 0 Å². The number of carbonyl (C=O) groups is 4. The number of nitrogens with two attached hydrogens (primary N) is 2. The van der Waals surface area contributed by atoms with Gasteiger partial charge >= 0.3 is 11.9 Å². The number of hydrogen-bond acceptors (Lipinski definition) is 8. The molecule has 0 spiro atoms. The Balaban J connectivity index is 4.30. The Morgan fingerprint density at radius 2 is 1.22 bits per heavy atom. The Morgan fingerprint density at radius 3 is 1.39 bits per heavy atom. The van der Waals surface area contributed by atoms with E-state index in [2.05, 4.69) is 0 Å². The summed E-state index contributed by atoms with van der Waals surface area (Å²) in [5, 5.41) is 17.3. The number of carboxylic acid groups (broad SMARTS) is 2. The minimum atomic E-state index is -2.04. The zero-order valence-corrected chi connectivity index (χ0v) is 10.7. The molecule has 6 N–H and O–H groups in total. The third kappa shape index (κ3) is 4.29. The molecule has 0 amide bonds. The van der Waals surface area contributed by atoms with Crippen molar-refractivity contribution in [3.05, 3.63) is 0 Å². The Morgan fingerprint density at radius 1 is 0.944 bits per heavy atom. The van der Waals surface area contributed by atoms with Crippen molar-refractivity contribution in [3.63, 3.8) is 0 Å². The molecule has 0 rings (SSSR count). The minimum absolute atomic E-state index is 0.0928. The van der Waals surface area contributed by atoms with Crippen LogP contribution in [0.2, 0.25) is 0 Å². The summed E-state index contributed by atoms with van der Waals surface area (Å²) < 4.78 is 0. The average molecular weight is 296 g/mol. The molecule has 10 heteroatoms. The average Bonchev–Trinajstić information content (AvgIpc) is 2.33. The maximum absolute atomic E-state index is 10.7. The lowest BCUT2D eigenvalue weighted by Gasteiger charge is -2.19. The van der Waals surface area contributed by atoms with Crippen molar-refractivity contribution in [1.29, 1.82) is 0 Å². The van der Waals surface area contributed by atoms with Gasteiger partial charge in [0.1, 0.15) is 0 Å². The van der Waals surface area contributed by atoms with E-state index in [0.29, 0.717) is 0 Å². The van der Waals surface area contributed by atoms with Gasteiger partial charge in [-0.15, -0.1) is 0 Å². The predicted octanol–water partition coefficient (Wildman–Crippen LogP) is -1.67. The van der Waals surface area contributed by atoms with Crippen LogP contribution in [-0.4, -0.2) is 57.3 Å². The van der Waals surface area contributed by atoms with Crippen molar-refractivity contribution in [1.82, 2.24) is 0 Å². The second-order valence-corrected chi connectivity index (χ2v) is 5.91. The van der Waals surface area contributed by atoms with Crippen LogP contribution in [-0.2, 0) is 19.2 Å². The van der Waals surface area contributed by atoms with Gasteiger partial charge in [0.2, 0.25) is 0 Å². The lowest BCUT2D eigenvalue weighted by atomic mass is 10.1. The van der Waals surface area contributed by atoms with Gasteiger partial charge in [0, 0.05) is 11.5 Å². The molecule has 0 saturated carbocycles. The third-order valence-electron chi connectivity index (χ3n) is 1.90. The van der Waals surface area contributed by atoms with Crippen LogP contribution in [0.3, 0.4) is 0 Å². The molecule has 2 atom stereocenters. The van der Waals surface area contributed by atoms with Gasteiger partial charge in [-0.25, -0.2) is 9.59 Å². The second kappa shape index (κ2) is 6.73. The molecule has 0 aliphatic heterocycles. The lowest BCUT2D eigenvalue weighted by Crippen LogP contribution is -2.52. The number of carbonyl (C=O) groups excluding carboxylic acids is 2. The molecule has 0 aromatic carbocycles. The van der Waals surface area contributed by atoms with Gasteiger partial charge in [-0.05, 0) is 0 Å². The second-order valence-electron chi connectivity index (χ2n) is 3.45. The summed E-state index contributed by atoms with van der Waals surface area (Å²) in [5.74, 6) is -3.52. The molecule has 0 aromatic rings. The van der Waals surface area contributed by atoms with Gasteiger partial charge in [-0.2, -0.15) is 0 Å². The molecule has 0 fully saturated rings. The van der Waals surface area contributed by atoms with Crippen LogP contribution in [0.15, 0.2) is 0 Å². The molecule has 8 nitrogen and oxygen atoms in total. The molecular formula is C8H12N2O6S2. The monoisotopic (exact) mass is 296 g/mol. The summed E-state index contributed by atoms with van der Waals surface area (Å²) in [6.07, 6.45) is 0.186. The number of aliphatic carboxylic acids is 2. The van der Waals surface area contributed by atoms with E-state index in [1.807, 2.05) is 0 Å². The highest BCUT2D eigenvalue weighted by Crippen LogP contribution is 2.27. The summed E-state index contributed by atoms with van der Waals surface area (Å²) in [6, 6.07) is 0. The van der Waals surface area contributed by atoms with E-state index in [1.54, 1.807) is 0 Å². The quantitative estimate of drug-likeness (QED) is 0.167. The summed E-state index contributed by atoms with van der Waals surface area (Å²) in [6.45, 7) is 0. The largest absolute Gasteiger partial charge is 0.480 e. The Labute approximate surface area is 110 Å². The lowest BCUT2D eigenvalue weighted by molar-refractivity contribution is -0.145. The first-order valence-electron chi connectivity index (χ1n) is 4.43. The van der Waals surface area contributed by atoms with Gasteiger partial charge in [-0.3, -0.25) is 0 Å². The van der Waals surface area contributed by atoms with E-state index in [9.17, 15) is 19.2 Å². The molecule has 0 unspecified atom stereocenters. The molecule has 0 heterocycles. The Bertz CT molecular complexity index is 331. The van der Waals surface area contributed by atoms with E-state index >= 15 is 0 Å². The van der Waals surface area contributed by atoms with E-state index in [4.69, 9.17) is 21.7 Å². The van der Waals surface area contributed by atoms with Crippen LogP contribution < -0.4 is 11.5 Å². The van der Waals surface area contributed by atoms with Crippen LogP contribution in [0.4, 0.5) is 0 Å². The van der Waals surface area contributed by atoms with Crippen molar-refractivity contribution < 1.29 is 29.4 Å². The van der Waals surface area contributed by atoms with Crippen molar-refractivity contribution >= 4 is 46.1 Å². The number of carboxylic acids is 2. The molecule has 18 heavy (non-hydrogen) atoms. The van der Waals surface area contributed by atoms with Crippen LogP contribution in [0, 0.1) is 0 Å². The first-order valence-corrected chi connectivity index (χ1v) is 6.92. The molecule has 0 bridgehead atoms. The van der Waals surface area contributed by atoms with Crippen molar-refractivity contribution in [2.75, 3.05) is 11.5 Å². The van der Waals surface area contributed by atoms with E-state index in [1.165, 1.54) is 0 Å². The van der Waals surface area contributed by atoms with E-state index in [-0.39, 0.29) is 24.1 Å². The van der Waals surface area contributed by atoms with Crippen molar-refractivity contribution in [2.45, 2.75) is 11.1 Å². The van der Waals surface area contributed by atoms with E-state index < -0.39 is 23.0 Å². The Kier molecular flexibility index (Phi) is 6.32. The fourth-order valence-corrected chi connectivity index (χ4v) is 3.18. The Hall–Kier alpha value is -1.10. The van der Waals surface area contributed by atoms with Crippen LogP contribution in [0.5, 0.6) is 0 Å². The minimum Gasteiger partial charge on any atom is -0.480 e. The standard InChI is InChI=1S/C8H12N2O6S2/c9-7(1-11,5(13)14)3-17-18-4-8(10,2-12)6(15)16/h1-2H,3-4,9-10H2,(H,13,14)(H,15,16)/t7-,8-/m0/s1. The van der Waals surface area contributed by atoms with Crippen molar-refractivity contribution in [3.8, 4) is 0 Å². The number of hydrogen-bond donors (Lipinski definition) is 4. The zero-order valence-electron chi connectivity index (χ0n) is 9.07. The van der Waals surface area contributed by atoms with Crippen LogP contribution >= 0.6 is 21.6 Å². The highest BCUT2D eigenvalue weighted by atomic mass is 33.1. The van der Waals surface area contributed by atoms with Crippen molar-refractivity contribution in [2.24, 2.45) is 11.5 Å². The summed E-state index contributed by atoms with van der Waals surface area (Å²) in [5.41, 5.74) is 6.44. The molecule has 102 valence electrons. The van der Waals surface area contributed by atoms with Gasteiger partial charge < -0.3 is 31.3 Å². The van der Waals surface area contributed by atoms with Gasteiger partial charge in [0.25, 0.3) is 0 Å².